The molecule has 2 aliphatic rings. The lowest BCUT2D eigenvalue weighted by Crippen LogP contribution is -2.48. The Hall–Kier alpha value is -2.05. The van der Waals surface area contributed by atoms with Crippen LogP contribution in [0.3, 0.4) is 0 Å². The fourth-order valence-electron chi connectivity index (χ4n) is 3.39. The van der Waals surface area contributed by atoms with Crippen molar-refractivity contribution in [3.8, 4) is 11.5 Å². The number of halogens is 2. The minimum absolute atomic E-state index is 0.129. The lowest BCUT2D eigenvalue weighted by atomic mass is 9.98. The van der Waals surface area contributed by atoms with Crippen molar-refractivity contribution < 1.29 is 14.2 Å². The van der Waals surface area contributed by atoms with Crippen molar-refractivity contribution in [2.24, 2.45) is 5.11 Å². The van der Waals surface area contributed by atoms with Gasteiger partial charge in [-0.1, -0.05) is 40.5 Å². The minimum atomic E-state index is -0.205. The van der Waals surface area contributed by atoms with E-state index in [2.05, 4.69) is 14.9 Å². The molecule has 0 bridgehead atoms. The Kier molecular flexibility index (Phi) is 6.39. The molecule has 0 saturated carbocycles. The number of nitrogens with zero attached hydrogens (tertiary/aromatic N) is 4. The topological polar surface area (TPSA) is 79.7 Å². The van der Waals surface area contributed by atoms with Crippen molar-refractivity contribution in [3.05, 3.63) is 50.3 Å². The van der Waals surface area contributed by atoms with Crippen molar-refractivity contribution in [1.82, 2.24) is 4.90 Å². The molecule has 2 atom stereocenters. The summed E-state index contributed by atoms with van der Waals surface area (Å²) >= 11 is 13.2. The maximum absolute atomic E-state index is 8.94. The second-order valence-electron chi connectivity index (χ2n) is 6.12. The van der Waals surface area contributed by atoms with E-state index >= 15 is 0 Å². The third kappa shape index (κ3) is 3.82. The zero-order valence-electron chi connectivity index (χ0n) is 15.1. The first-order valence-corrected chi connectivity index (χ1v) is 9.23. The monoisotopic (exact) mass is 410 g/mol. The molecule has 1 fully saturated rings. The first-order chi connectivity index (χ1) is 13.1. The number of rotatable bonds is 5. The average molecular weight is 411 g/mol. The summed E-state index contributed by atoms with van der Waals surface area (Å²) in [5.41, 5.74) is 10.4. The molecule has 0 radical (unpaired) electrons. The molecule has 0 aromatic heterocycles. The maximum Gasteiger partial charge on any atom is 0.141 e. The van der Waals surface area contributed by atoms with Gasteiger partial charge in [-0.3, -0.25) is 0 Å². The van der Waals surface area contributed by atoms with Crippen LogP contribution in [0.4, 0.5) is 0 Å². The molecule has 27 heavy (non-hydrogen) atoms. The van der Waals surface area contributed by atoms with Crippen LogP contribution in [0.1, 0.15) is 12.0 Å². The maximum atomic E-state index is 8.94. The van der Waals surface area contributed by atoms with Crippen LogP contribution in [-0.2, 0) is 4.74 Å². The molecule has 0 amide bonds. The molecule has 3 rings (SSSR count). The molecule has 2 aliphatic heterocycles. The number of azide groups is 1. The van der Waals surface area contributed by atoms with Gasteiger partial charge in [0.05, 0.1) is 43.0 Å². The van der Waals surface area contributed by atoms with Crippen molar-refractivity contribution in [2.45, 2.75) is 18.5 Å². The Labute approximate surface area is 167 Å². The van der Waals surface area contributed by atoms with E-state index in [1.807, 2.05) is 18.2 Å². The summed E-state index contributed by atoms with van der Waals surface area (Å²) in [6.07, 6.45) is 6.55. The Morgan fingerprint density at radius 1 is 1.26 bits per heavy atom. The van der Waals surface area contributed by atoms with Gasteiger partial charge >= 0.3 is 0 Å². The molecule has 144 valence electrons. The zero-order chi connectivity index (χ0) is 19.4. The van der Waals surface area contributed by atoms with E-state index in [0.29, 0.717) is 53.3 Å². The molecule has 0 spiro atoms. The Morgan fingerprint density at radius 3 is 2.59 bits per heavy atom. The minimum Gasteiger partial charge on any atom is -0.495 e. The molecule has 1 saturated heterocycles. The van der Waals surface area contributed by atoms with E-state index < -0.39 is 0 Å². The summed E-state index contributed by atoms with van der Waals surface area (Å²) in [5.74, 6) is 0.935. The number of methoxy groups -OCH3 is 2. The highest BCUT2D eigenvalue weighted by Crippen LogP contribution is 2.45. The fraction of sp³-hybridized carbons (Fsp3) is 0.444. The number of hydrogen-bond acceptors (Lipinski definition) is 5. The van der Waals surface area contributed by atoms with Gasteiger partial charge in [-0.25, -0.2) is 0 Å². The van der Waals surface area contributed by atoms with Crippen LogP contribution in [-0.4, -0.2) is 51.0 Å². The highest BCUT2D eigenvalue weighted by Gasteiger charge is 2.34. The third-order valence-corrected chi connectivity index (χ3v) is 5.47. The summed E-state index contributed by atoms with van der Waals surface area (Å²) in [5, 5.41) is 4.76. The fourth-order valence-corrected chi connectivity index (χ4v) is 4.08. The van der Waals surface area contributed by atoms with Crippen LogP contribution in [0.25, 0.3) is 16.1 Å². The lowest BCUT2D eigenvalue weighted by molar-refractivity contribution is 0.0290. The Balaban J connectivity index is 2.10. The van der Waals surface area contributed by atoms with Crippen molar-refractivity contribution in [1.29, 1.82) is 0 Å². The van der Waals surface area contributed by atoms with Gasteiger partial charge in [0.1, 0.15) is 11.5 Å². The van der Waals surface area contributed by atoms with E-state index in [9.17, 15) is 0 Å². The van der Waals surface area contributed by atoms with E-state index in [0.717, 1.165) is 5.70 Å². The first kappa shape index (κ1) is 19.7. The first-order valence-electron chi connectivity index (χ1n) is 8.48. The smallest absolute Gasteiger partial charge is 0.141 e. The summed E-state index contributed by atoms with van der Waals surface area (Å²) in [7, 11) is 3.08. The van der Waals surface area contributed by atoms with Gasteiger partial charge in [0.15, 0.2) is 0 Å². The summed E-state index contributed by atoms with van der Waals surface area (Å²) < 4.78 is 16.4. The highest BCUT2D eigenvalue weighted by molar-refractivity contribution is 6.39. The van der Waals surface area contributed by atoms with E-state index in [1.54, 1.807) is 6.07 Å². The summed E-state index contributed by atoms with van der Waals surface area (Å²) in [4.78, 5) is 5.11. The van der Waals surface area contributed by atoms with Gasteiger partial charge in [0.2, 0.25) is 0 Å². The van der Waals surface area contributed by atoms with E-state index in [4.69, 9.17) is 42.9 Å². The van der Waals surface area contributed by atoms with Gasteiger partial charge in [-0.2, -0.15) is 0 Å². The molecular formula is C18H20Cl2N4O3. The van der Waals surface area contributed by atoms with Gasteiger partial charge in [0.25, 0.3) is 0 Å². The zero-order valence-corrected chi connectivity index (χ0v) is 16.6. The second-order valence-corrected chi connectivity index (χ2v) is 6.88. The van der Waals surface area contributed by atoms with Gasteiger partial charge in [0, 0.05) is 35.4 Å². The highest BCUT2D eigenvalue weighted by atomic mass is 35.5. The lowest BCUT2D eigenvalue weighted by Gasteiger charge is -2.41. The van der Waals surface area contributed by atoms with Crippen molar-refractivity contribution in [2.75, 3.05) is 34.0 Å². The van der Waals surface area contributed by atoms with Gasteiger partial charge < -0.3 is 19.1 Å². The van der Waals surface area contributed by atoms with E-state index in [1.165, 1.54) is 14.2 Å². The predicted octanol–water partition coefficient (Wildman–Crippen LogP) is 4.69. The van der Waals surface area contributed by atoms with Gasteiger partial charge in [-0.15, -0.1) is 0 Å². The molecule has 0 aliphatic carbocycles. The molecule has 7 nitrogen and oxygen atoms in total. The summed E-state index contributed by atoms with van der Waals surface area (Å²) in [6.45, 7) is 1.63. The van der Waals surface area contributed by atoms with Crippen LogP contribution < -0.4 is 9.47 Å². The Morgan fingerprint density at radius 2 is 1.96 bits per heavy atom. The van der Waals surface area contributed by atoms with Crippen LogP contribution in [0.5, 0.6) is 11.5 Å². The molecule has 0 unspecified atom stereocenters. The molecule has 0 N–H and O–H groups in total. The molecule has 2 heterocycles. The molecule has 9 heteroatoms. The second kappa shape index (κ2) is 8.76. The molecular weight excluding hydrogens is 391 g/mol. The van der Waals surface area contributed by atoms with Crippen molar-refractivity contribution in [3.63, 3.8) is 0 Å². The molecule has 1 aromatic rings. The number of hydrogen-bond donors (Lipinski definition) is 0. The largest absolute Gasteiger partial charge is 0.495 e. The molecule has 1 aromatic carbocycles. The summed E-state index contributed by atoms with van der Waals surface area (Å²) in [6, 6.07) is 1.32. The predicted molar refractivity (Wildman–Crippen MR) is 106 cm³/mol. The van der Waals surface area contributed by atoms with Crippen LogP contribution in [0.15, 0.2) is 29.4 Å². The van der Waals surface area contributed by atoms with Crippen molar-refractivity contribution >= 4 is 28.9 Å². The third-order valence-electron chi connectivity index (χ3n) is 4.72. The quantitative estimate of drug-likeness (QED) is 0.400. The number of allylic oxidation sites excluding steroid dienone is 2. The SMILES string of the molecule is COc1cc(OC)c(Cl)c(C2=CC=CCN2[C@@H]2COCC[C@@H]2N=[N+]=[N-])c1Cl. The van der Waals surface area contributed by atoms with E-state index in [-0.39, 0.29) is 12.1 Å². The number of ether oxygens (including phenoxy) is 3. The van der Waals surface area contributed by atoms with Gasteiger partial charge in [-0.05, 0) is 18.0 Å². The average Bonchev–Trinajstić information content (AvgIpc) is 2.69. The number of benzene rings is 1. The van der Waals surface area contributed by atoms with Crippen LogP contribution in [0, 0.1) is 0 Å². The standard InChI is InChI=1S/C18H20Cl2N4O3/c1-25-14-9-15(26-2)18(20)16(17(14)19)12-5-3-4-7-24(12)13-10-27-8-6-11(13)22-23-21/h3-5,9,11,13H,6-8,10H2,1-2H3/t11-,13+/m0/s1. The Bertz CT molecular complexity index is 793. The van der Waals surface area contributed by atoms with Crippen LogP contribution in [0.2, 0.25) is 10.0 Å². The van der Waals surface area contributed by atoms with Crippen LogP contribution >= 0.6 is 23.2 Å². The normalized spacial score (nSPS) is 22.1.